The summed E-state index contributed by atoms with van der Waals surface area (Å²) in [5.74, 6) is -0.0527. The van der Waals surface area contributed by atoms with Gasteiger partial charge in [0, 0.05) is 39.3 Å². The zero-order valence-electron chi connectivity index (χ0n) is 15.9. The Morgan fingerprint density at radius 3 is 2.41 bits per heavy atom. The Balaban J connectivity index is 1.50. The number of rotatable bonds is 4. The first-order chi connectivity index (χ1) is 13.1. The summed E-state index contributed by atoms with van der Waals surface area (Å²) in [6.07, 6.45) is 1.59. The van der Waals surface area contributed by atoms with Gasteiger partial charge in [-0.3, -0.25) is 9.69 Å². The minimum atomic E-state index is -0.298. The van der Waals surface area contributed by atoms with E-state index in [0.29, 0.717) is 32.8 Å². The molecule has 2 heterocycles. The highest BCUT2D eigenvalue weighted by Crippen LogP contribution is 2.21. The lowest BCUT2D eigenvalue weighted by Crippen LogP contribution is -2.53. The van der Waals surface area contributed by atoms with E-state index in [4.69, 9.17) is 4.74 Å². The van der Waals surface area contributed by atoms with Crippen LogP contribution in [0.4, 0.5) is 9.18 Å². The fraction of sp³-hybridized carbons (Fsp3) is 0.600. The van der Waals surface area contributed by atoms with Crippen molar-refractivity contribution in [3.8, 4) is 0 Å². The zero-order chi connectivity index (χ0) is 19.2. The van der Waals surface area contributed by atoms with Crippen LogP contribution < -0.4 is 0 Å². The van der Waals surface area contributed by atoms with Crippen LogP contribution in [0.3, 0.4) is 0 Å². The second-order valence-electron chi connectivity index (χ2n) is 7.21. The van der Waals surface area contributed by atoms with Gasteiger partial charge in [0.1, 0.15) is 5.82 Å². The first-order valence-electron chi connectivity index (χ1n) is 9.74. The van der Waals surface area contributed by atoms with Crippen LogP contribution in [0, 0.1) is 11.7 Å². The normalized spacial score (nSPS) is 21.2. The van der Waals surface area contributed by atoms with Crippen molar-refractivity contribution in [2.75, 3.05) is 45.9 Å². The SMILES string of the molecule is CCOC(=O)N1CCN(C(=O)C2CCCN(Cc3ccc(F)cc3)C2)CC1. The second kappa shape index (κ2) is 9.17. The number of halogens is 1. The maximum atomic E-state index is 13.1. The molecule has 0 bridgehead atoms. The van der Waals surface area contributed by atoms with Crippen molar-refractivity contribution in [1.29, 1.82) is 0 Å². The molecule has 1 unspecified atom stereocenters. The molecule has 1 atom stereocenters. The van der Waals surface area contributed by atoms with Gasteiger partial charge >= 0.3 is 6.09 Å². The van der Waals surface area contributed by atoms with Crippen LogP contribution in [0.25, 0.3) is 0 Å². The van der Waals surface area contributed by atoms with Crippen molar-refractivity contribution < 1.29 is 18.7 Å². The molecule has 2 aliphatic heterocycles. The first kappa shape index (κ1) is 19.6. The molecule has 2 aliphatic rings. The van der Waals surface area contributed by atoms with Crippen LogP contribution in [-0.2, 0) is 16.1 Å². The van der Waals surface area contributed by atoms with E-state index in [0.717, 1.165) is 38.0 Å². The number of benzene rings is 1. The summed E-state index contributed by atoms with van der Waals surface area (Å²) >= 11 is 0. The predicted molar refractivity (Wildman–Crippen MR) is 99.6 cm³/mol. The van der Waals surface area contributed by atoms with Gasteiger partial charge in [0.05, 0.1) is 12.5 Å². The van der Waals surface area contributed by atoms with Crippen molar-refractivity contribution in [3.05, 3.63) is 35.6 Å². The summed E-state index contributed by atoms with van der Waals surface area (Å²) in [6, 6.07) is 6.56. The molecule has 0 radical (unpaired) electrons. The van der Waals surface area contributed by atoms with Gasteiger partial charge in [-0.25, -0.2) is 9.18 Å². The monoisotopic (exact) mass is 377 g/mol. The van der Waals surface area contributed by atoms with Gasteiger partial charge in [-0.05, 0) is 44.0 Å². The summed E-state index contributed by atoms with van der Waals surface area (Å²) in [4.78, 5) is 30.5. The van der Waals surface area contributed by atoms with Gasteiger partial charge in [-0.15, -0.1) is 0 Å². The molecular weight excluding hydrogens is 349 g/mol. The quantitative estimate of drug-likeness (QED) is 0.808. The number of ether oxygens (including phenoxy) is 1. The van der Waals surface area contributed by atoms with Crippen LogP contribution >= 0.6 is 0 Å². The van der Waals surface area contributed by atoms with Crippen molar-refractivity contribution in [2.24, 2.45) is 5.92 Å². The minimum Gasteiger partial charge on any atom is -0.450 e. The lowest BCUT2D eigenvalue weighted by molar-refractivity contribution is -0.139. The Morgan fingerprint density at radius 1 is 1.07 bits per heavy atom. The summed E-state index contributed by atoms with van der Waals surface area (Å²) in [7, 11) is 0. The van der Waals surface area contributed by atoms with E-state index in [1.54, 1.807) is 24.0 Å². The molecule has 3 rings (SSSR count). The molecule has 0 spiro atoms. The van der Waals surface area contributed by atoms with E-state index in [1.807, 2.05) is 4.90 Å². The molecule has 2 amide bonds. The third-order valence-corrected chi connectivity index (χ3v) is 5.29. The number of likely N-dealkylation sites (tertiary alicyclic amines) is 1. The van der Waals surface area contributed by atoms with Crippen LogP contribution in [0.2, 0.25) is 0 Å². The number of carbonyl (C=O) groups excluding carboxylic acids is 2. The highest BCUT2D eigenvalue weighted by atomic mass is 19.1. The van der Waals surface area contributed by atoms with Crippen LogP contribution in [0.15, 0.2) is 24.3 Å². The molecule has 0 saturated carbocycles. The lowest BCUT2D eigenvalue weighted by Gasteiger charge is -2.38. The van der Waals surface area contributed by atoms with Crippen molar-refractivity contribution in [1.82, 2.24) is 14.7 Å². The lowest BCUT2D eigenvalue weighted by atomic mass is 9.95. The summed E-state index contributed by atoms with van der Waals surface area (Å²) in [5, 5.41) is 0. The third kappa shape index (κ3) is 5.19. The van der Waals surface area contributed by atoms with E-state index in [9.17, 15) is 14.0 Å². The summed E-state index contributed by atoms with van der Waals surface area (Å²) < 4.78 is 18.1. The van der Waals surface area contributed by atoms with Gasteiger partial charge in [0.25, 0.3) is 0 Å². The minimum absolute atomic E-state index is 0.00617. The summed E-state index contributed by atoms with van der Waals surface area (Å²) in [5.41, 5.74) is 1.06. The molecule has 0 aromatic heterocycles. The Hall–Kier alpha value is -2.15. The molecule has 1 aromatic carbocycles. The van der Waals surface area contributed by atoms with Crippen LogP contribution in [0.5, 0.6) is 0 Å². The topological polar surface area (TPSA) is 53.1 Å². The molecule has 6 nitrogen and oxygen atoms in total. The molecule has 0 aliphatic carbocycles. The number of piperidine rings is 1. The van der Waals surface area contributed by atoms with E-state index in [1.165, 1.54) is 12.1 Å². The van der Waals surface area contributed by atoms with Gasteiger partial charge in [-0.1, -0.05) is 12.1 Å². The molecule has 148 valence electrons. The molecular formula is C20H28FN3O3. The smallest absolute Gasteiger partial charge is 0.409 e. The Bertz CT molecular complexity index is 644. The van der Waals surface area contributed by atoms with Gasteiger partial charge in [-0.2, -0.15) is 0 Å². The zero-order valence-corrected chi connectivity index (χ0v) is 15.9. The van der Waals surface area contributed by atoms with Crippen molar-refractivity contribution >= 4 is 12.0 Å². The number of hydrogen-bond donors (Lipinski definition) is 0. The van der Waals surface area contributed by atoms with Crippen LogP contribution in [-0.4, -0.2) is 72.6 Å². The largest absolute Gasteiger partial charge is 0.450 e. The Labute approximate surface area is 159 Å². The number of amides is 2. The van der Waals surface area contributed by atoms with E-state index < -0.39 is 0 Å². The fourth-order valence-corrected chi connectivity index (χ4v) is 3.83. The molecule has 2 saturated heterocycles. The summed E-state index contributed by atoms with van der Waals surface area (Å²) in [6.45, 7) is 6.75. The van der Waals surface area contributed by atoms with E-state index in [-0.39, 0.29) is 23.7 Å². The molecule has 2 fully saturated rings. The van der Waals surface area contributed by atoms with Gasteiger partial charge < -0.3 is 14.5 Å². The molecule has 0 N–H and O–H groups in total. The number of hydrogen-bond acceptors (Lipinski definition) is 4. The highest BCUT2D eigenvalue weighted by molar-refractivity contribution is 5.79. The van der Waals surface area contributed by atoms with E-state index >= 15 is 0 Å². The molecule has 7 heteroatoms. The molecule has 27 heavy (non-hydrogen) atoms. The highest BCUT2D eigenvalue weighted by Gasteiger charge is 2.32. The van der Waals surface area contributed by atoms with Crippen LogP contribution in [0.1, 0.15) is 25.3 Å². The number of piperazine rings is 1. The van der Waals surface area contributed by atoms with Crippen molar-refractivity contribution in [3.63, 3.8) is 0 Å². The average molecular weight is 377 g/mol. The predicted octanol–water partition coefficient (Wildman–Crippen LogP) is 2.34. The first-order valence-corrected chi connectivity index (χ1v) is 9.74. The van der Waals surface area contributed by atoms with Gasteiger partial charge in [0.15, 0.2) is 0 Å². The Morgan fingerprint density at radius 2 is 1.74 bits per heavy atom. The maximum Gasteiger partial charge on any atom is 0.409 e. The standard InChI is InChI=1S/C20H28FN3O3/c1-2-27-20(26)24-12-10-23(11-13-24)19(25)17-4-3-9-22(15-17)14-16-5-7-18(21)8-6-16/h5-8,17H,2-4,9-15H2,1H3. The Kier molecular flexibility index (Phi) is 6.66. The van der Waals surface area contributed by atoms with E-state index in [2.05, 4.69) is 4.90 Å². The number of carbonyl (C=O) groups is 2. The average Bonchev–Trinajstić information content (AvgIpc) is 2.70. The van der Waals surface area contributed by atoms with Crippen molar-refractivity contribution in [2.45, 2.75) is 26.3 Å². The maximum absolute atomic E-state index is 13.1. The molecule has 1 aromatic rings. The fourth-order valence-electron chi connectivity index (χ4n) is 3.83. The van der Waals surface area contributed by atoms with Gasteiger partial charge in [0.2, 0.25) is 5.91 Å². The number of nitrogens with zero attached hydrogens (tertiary/aromatic N) is 3. The second-order valence-corrected chi connectivity index (χ2v) is 7.21. The third-order valence-electron chi connectivity index (χ3n) is 5.29.